The summed E-state index contributed by atoms with van der Waals surface area (Å²) in [7, 11) is -1.06. The smallest absolute Gasteiger partial charge is 0.251 e. The van der Waals surface area contributed by atoms with Crippen LogP contribution in [0.2, 0.25) is 0 Å². The number of ether oxygens (including phenoxy) is 1. The molecule has 0 bridgehead atoms. The van der Waals surface area contributed by atoms with Crippen molar-refractivity contribution in [3.8, 4) is 5.75 Å². The molecule has 0 aromatic heterocycles. The molecule has 1 amide bonds. The topological polar surface area (TPSA) is 84.5 Å². The maximum absolute atomic E-state index is 12.5. The first-order chi connectivity index (χ1) is 12.3. The Bertz CT molecular complexity index is 881. The molecule has 2 aromatic rings. The number of hydrogen-bond donors (Lipinski definition) is 2. The van der Waals surface area contributed by atoms with Crippen LogP contribution in [-0.4, -0.2) is 34.7 Å². The van der Waals surface area contributed by atoms with Gasteiger partial charge in [-0.3, -0.25) is 4.79 Å². The molecule has 0 aliphatic carbocycles. The third-order valence-corrected chi connectivity index (χ3v) is 6.13. The maximum atomic E-state index is 12.5. The molecular formula is C18H22N2O4S2. The zero-order valence-electron chi connectivity index (χ0n) is 15.1. The Morgan fingerprint density at radius 1 is 1.15 bits per heavy atom. The number of thioether (sulfide) groups is 1. The fourth-order valence-corrected chi connectivity index (χ4v) is 3.72. The van der Waals surface area contributed by atoms with Crippen LogP contribution in [0.4, 0.5) is 0 Å². The van der Waals surface area contributed by atoms with Crippen molar-refractivity contribution in [1.82, 2.24) is 10.0 Å². The molecule has 6 nitrogen and oxygen atoms in total. The van der Waals surface area contributed by atoms with Gasteiger partial charge in [-0.1, -0.05) is 12.1 Å². The van der Waals surface area contributed by atoms with Gasteiger partial charge in [0.15, 0.2) is 0 Å². The SMILES string of the molecule is CNS(=O)(=O)c1cc(C(=O)NC(C)c2ccc(SC)cc2)ccc1OC. The van der Waals surface area contributed by atoms with Crippen molar-refractivity contribution in [2.45, 2.75) is 22.8 Å². The number of amides is 1. The van der Waals surface area contributed by atoms with Crippen molar-refractivity contribution in [1.29, 1.82) is 0 Å². The van der Waals surface area contributed by atoms with Gasteiger partial charge in [0.2, 0.25) is 10.0 Å². The number of sulfonamides is 1. The van der Waals surface area contributed by atoms with E-state index in [9.17, 15) is 13.2 Å². The lowest BCUT2D eigenvalue weighted by Crippen LogP contribution is -2.27. The molecule has 2 rings (SSSR count). The minimum atomic E-state index is -3.74. The zero-order valence-corrected chi connectivity index (χ0v) is 16.7. The van der Waals surface area contributed by atoms with Crippen LogP contribution in [0, 0.1) is 0 Å². The van der Waals surface area contributed by atoms with E-state index in [1.54, 1.807) is 11.8 Å². The van der Waals surface area contributed by atoms with E-state index in [0.717, 1.165) is 10.5 Å². The van der Waals surface area contributed by atoms with Crippen molar-refractivity contribution in [3.63, 3.8) is 0 Å². The van der Waals surface area contributed by atoms with Gasteiger partial charge < -0.3 is 10.1 Å². The second-order valence-electron chi connectivity index (χ2n) is 5.54. The van der Waals surface area contributed by atoms with Gasteiger partial charge in [-0.15, -0.1) is 11.8 Å². The number of carbonyl (C=O) groups is 1. The lowest BCUT2D eigenvalue weighted by molar-refractivity contribution is 0.0939. The lowest BCUT2D eigenvalue weighted by Gasteiger charge is -2.16. The van der Waals surface area contributed by atoms with Gasteiger partial charge in [-0.05, 0) is 56.1 Å². The molecule has 26 heavy (non-hydrogen) atoms. The van der Waals surface area contributed by atoms with Crippen LogP contribution in [0.1, 0.15) is 28.9 Å². The highest BCUT2D eigenvalue weighted by Gasteiger charge is 2.21. The molecule has 0 spiro atoms. The molecular weight excluding hydrogens is 372 g/mol. The molecule has 1 unspecified atom stereocenters. The Balaban J connectivity index is 2.24. The fraction of sp³-hybridized carbons (Fsp3) is 0.278. The molecule has 0 saturated heterocycles. The monoisotopic (exact) mass is 394 g/mol. The van der Waals surface area contributed by atoms with E-state index in [4.69, 9.17) is 4.74 Å². The average Bonchev–Trinajstić information content (AvgIpc) is 2.67. The summed E-state index contributed by atoms with van der Waals surface area (Å²) in [5, 5.41) is 2.88. The largest absolute Gasteiger partial charge is 0.495 e. The molecule has 2 N–H and O–H groups in total. The summed E-state index contributed by atoms with van der Waals surface area (Å²) in [5.41, 5.74) is 1.21. The standard InChI is InChI=1S/C18H22N2O4S2/c1-12(13-5-8-15(25-4)9-6-13)20-18(21)14-7-10-16(24-3)17(11-14)26(22,23)19-2/h5-12,19H,1-4H3,(H,20,21). The van der Waals surface area contributed by atoms with Gasteiger partial charge in [0.05, 0.1) is 13.2 Å². The first kappa shape index (κ1) is 20.3. The highest BCUT2D eigenvalue weighted by molar-refractivity contribution is 7.98. The molecule has 2 aromatic carbocycles. The molecule has 0 aliphatic heterocycles. The normalized spacial score (nSPS) is 12.5. The average molecular weight is 395 g/mol. The van der Waals surface area contributed by atoms with Crippen molar-refractivity contribution in [2.75, 3.05) is 20.4 Å². The summed E-state index contributed by atoms with van der Waals surface area (Å²) in [5.74, 6) is -0.182. The van der Waals surface area contributed by atoms with E-state index in [1.807, 2.05) is 37.4 Å². The van der Waals surface area contributed by atoms with Crippen molar-refractivity contribution >= 4 is 27.7 Å². The number of benzene rings is 2. The third kappa shape index (κ3) is 4.57. The summed E-state index contributed by atoms with van der Waals surface area (Å²) in [6, 6.07) is 12.0. The van der Waals surface area contributed by atoms with Gasteiger partial charge in [0.25, 0.3) is 5.91 Å². The number of carbonyl (C=O) groups excluding carboxylic acids is 1. The Kier molecular flexibility index (Phi) is 6.69. The Labute approximate surface area is 158 Å². The Hall–Kier alpha value is -2.03. The van der Waals surface area contributed by atoms with Gasteiger partial charge >= 0.3 is 0 Å². The van der Waals surface area contributed by atoms with Gasteiger partial charge in [0.1, 0.15) is 10.6 Å². The summed E-state index contributed by atoms with van der Waals surface area (Å²) >= 11 is 1.65. The van der Waals surface area contributed by atoms with Gasteiger partial charge in [-0.2, -0.15) is 0 Å². The number of rotatable bonds is 7. The number of hydrogen-bond acceptors (Lipinski definition) is 5. The predicted octanol–water partition coefficient (Wildman–Crippen LogP) is 2.82. The summed E-state index contributed by atoms with van der Waals surface area (Å²) in [6.07, 6.45) is 2.00. The summed E-state index contributed by atoms with van der Waals surface area (Å²) in [4.78, 5) is 13.6. The van der Waals surface area contributed by atoms with Crippen molar-refractivity contribution < 1.29 is 17.9 Å². The highest BCUT2D eigenvalue weighted by Crippen LogP contribution is 2.25. The second-order valence-corrected chi connectivity index (χ2v) is 8.28. The van der Waals surface area contributed by atoms with Crippen LogP contribution in [0.15, 0.2) is 52.3 Å². The Morgan fingerprint density at radius 3 is 2.35 bits per heavy atom. The third-order valence-electron chi connectivity index (χ3n) is 3.95. The van der Waals surface area contributed by atoms with Gasteiger partial charge in [0, 0.05) is 10.5 Å². The predicted molar refractivity (Wildman–Crippen MR) is 103 cm³/mol. The molecule has 1 atom stereocenters. The fourth-order valence-electron chi connectivity index (χ4n) is 2.39. The van der Waals surface area contributed by atoms with E-state index in [-0.39, 0.29) is 28.2 Å². The molecule has 0 radical (unpaired) electrons. The van der Waals surface area contributed by atoms with Crippen molar-refractivity contribution in [3.05, 3.63) is 53.6 Å². The summed E-state index contributed by atoms with van der Waals surface area (Å²) < 4.78 is 31.6. The first-order valence-corrected chi connectivity index (χ1v) is 10.6. The number of nitrogens with one attached hydrogen (secondary N) is 2. The van der Waals surface area contributed by atoms with Crippen LogP contribution in [0.5, 0.6) is 5.75 Å². The van der Waals surface area contributed by atoms with E-state index in [2.05, 4.69) is 10.0 Å². The van der Waals surface area contributed by atoms with Crippen LogP contribution in [0.25, 0.3) is 0 Å². The van der Waals surface area contributed by atoms with Crippen LogP contribution >= 0.6 is 11.8 Å². The molecule has 8 heteroatoms. The Morgan fingerprint density at radius 2 is 1.81 bits per heavy atom. The van der Waals surface area contributed by atoms with Crippen LogP contribution in [0.3, 0.4) is 0 Å². The lowest BCUT2D eigenvalue weighted by atomic mass is 10.1. The molecule has 0 fully saturated rings. The van der Waals surface area contributed by atoms with Gasteiger partial charge in [-0.25, -0.2) is 13.1 Å². The molecule has 0 saturated carbocycles. The van der Waals surface area contributed by atoms with E-state index in [1.165, 1.54) is 32.4 Å². The number of methoxy groups -OCH3 is 1. The minimum absolute atomic E-state index is 0.0767. The van der Waals surface area contributed by atoms with E-state index in [0.29, 0.717) is 0 Å². The van der Waals surface area contributed by atoms with Crippen molar-refractivity contribution in [2.24, 2.45) is 0 Å². The zero-order chi connectivity index (χ0) is 19.3. The van der Waals surface area contributed by atoms with E-state index >= 15 is 0 Å². The second kappa shape index (κ2) is 8.57. The minimum Gasteiger partial charge on any atom is -0.495 e. The molecule has 0 heterocycles. The molecule has 140 valence electrons. The van der Waals surface area contributed by atoms with Crippen LogP contribution in [-0.2, 0) is 10.0 Å². The highest BCUT2D eigenvalue weighted by atomic mass is 32.2. The first-order valence-electron chi connectivity index (χ1n) is 7.88. The maximum Gasteiger partial charge on any atom is 0.251 e. The van der Waals surface area contributed by atoms with Crippen LogP contribution < -0.4 is 14.8 Å². The molecule has 0 aliphatic rings. The van der Waals surface area contributed by atoms with E-state index < -0.39 is 10.0 Å². The quantitative estimate of drug-likeness (QED) is 0.706. The summed E-state index contributed by atoms with van der Waals surface area (Å²) in [6.45, 7) is 1.88.